The molecule has 1 aliphatic heterocycles. The van der Waals surface area contributed by atoms with Gasteiger partial charge in [0, 0.05) is 43.4 Å². The first-order valence-corrected chi connectivity index (χ1v) is 8.15. The van der Waals surface area contributed by atoms with Crippen molar-refractivity contribution in [2.75, 3.05) is 31.1 Å². The molecule has 0 N–H and O–H groups in total. The lowest BCUT2D eigenvalue weighted by Gasteiger charge is -2.36. The Morgan fingerprint density at radius 2 is 1.96 bits per heavy atom. The number of carbonyl (C=O) groups is 1. The molecule has 122 valence electrons. The number of anilines is 1. The van der Waals surface area contributed by atoms with E-state index >= 15 is 0 Å². The molecular formula is C19H19N3O2. The number of nitrogens with zero attached hydrogens (tertiary/aromatic N) is 3. The van der Waals surface area contributed by atoms with Crippen LogP contribution in [0.5, 0.6) is 0 Å². The van der Waals surface area contributed by atoms with Gasteiger partial charge in [0.05, 0.1) is 11.8 Å². The van der Waals surface area contributed by atoms with E-state index in [1.54, 1.807) is 12.1 Å². The fourth-order valence-electron chi connectivity index (χ4n) is 3.23. The second-order valence-electron chi connectivity index (χ2n) is 6.11. The van der Waals surface area contributed by atoms with Crippen LogP contribution in [0, 0.1) is 6.92 Å². The van der Waals surface area contributed by atoms with Crippen LogP contribution in [0.15, 0.2) is 53.3 Å². The van der Waals surface area contributed by atoms with Crippen LogP contribution in [0.4, 0.5) is 5.69 Å². The van der Waals surface area contributed by atoms with E-state index in [4.69, 9.17) is 4.42 Å². The molecule has 0 radical (unpaired) electrons. The monoisotopic (exact) mass is 321 g/mol. The summed E-state index contributed by atoms with van der Waals surface area (Å²) in [5, 5.41) is 1.17. The Bertz CT molecular complexity index is 865. The lowest BCUT2D eigenvalue weighted by Crippen LogP contribution is -2.48. The number of aryl methyl sites for hydroxylation is 1. The predicted molar refractivity (Wildman–Crippen MR) is 93.3 cm³/mol. The third-order valence-electron chi connectivity index (χ3n) is 4.51. The van der Waals surface area contributed by atoms with Gasteiger partial charge in [-0.15, -0.1) is 0 Å². The summed E-state index contributed by atoms with van der Waals surface area (Å²) in [7, 11) is 0. The maximum atomic E-state index is 12.4. The van der Waals surface area contributed by atoms with Gasteiger partial charge in [0.25, 0.3) is 5.91 Å². The molecule has 1 aliphatic rings. The maximum Gasteiger partial charge on any atom is 0.289 e. The Morgan fingerprint density at radius 3 is 2.71 bits per heavy atom. The van der Waals surface area contributed by atoms with Crippen LogP contribution in [0.25, 0.3) is 10.9 Å². The number of hydrogen-bond donors (Lipinski definition) is 0. The number of hydrogen-bond acceptors (Lipinski definition) is 4. The summed E-state index contributed by atoms with van der Waals surface area (Å²) in [5.74, 6) is 0.378. The smallest absolute Gasteiger partial charge is 0.289 e. The zero-order valence-corrected chi connectivity index (χ0v) is 13.6. The maximum absolute atomic E-state index is 12.4. The molecule has 3 heterocycles. The van der Waals surface area contributed by atoms with E-state index in [0.717, 1.165) is 18.6 Å². The van der Waals surface area contributed by atoms with Crippen molar-refractivity contribution in [3.8, 4) is 0 Å². The average Bonchev–Trinajstić information content (AvgIpc) is 3.15. The summed E-state index contributed by atoms with van der Waals surface area (Å²) in [4.78, 5) is 21.0. The molecule has 1 amide bonds. The molecule has 0 atom stereocenters. The number of benzene rings is 1. The molecule has 1 saturated heterocycles. The molecule has 0 bridgehead atoms. The van der Waals surface area contributed by atoms with E-state index < -0.39 is 0 Å². The number of piperazine rings is 1. The van der Waals surface area contributed by atoms with Crippen LogP contribution in [0.1, 0.15) is 16.1 Å². The molecular weight excluding hydrogens is 302 g/mol. The van der Waals surface area contributed by atoms with Crippen LogP contribution in [-0.2, 0) is 0 Å². The van der Waals surface area contributed by atoms with Crippen molar-refractivity contribution in [1.82, 2.24) is 9.88 Å². The van der Waals surface area contributed by atoms with Gasteiger partial charge in [0.15, 0.2) is 5.76 Å². The highest BCUT2D eigenvalue weighted by molar-refractivity contribution is 5.93. The van der Waals surface area contributed by atoms with Crippen molar-refractivity contribution in [3.05, 3.63) is 60.2 Å². The average molecular weight is 321 g/mol. The van der Waals surface area contributed by atoms with Gasteiger partial charge in [-0.3, -0.25) is 9.78 Å². The van der Waals surface area contributed by atoms with Gasteiger partial charge in [-0.1, -0.05) is 11.6 Å². The second kappa shape index (κ2) is 6.00. The van der Waals surface area contributed by atoms with Gasteiger partial charge < -0.3 is 14.2 Å². The number of carbonyl (C=O) groups excluding carboxylic acids is 1. The highest BCUT2D eigenvalue weighted by Crippen LogP contribution is 2.27. The van der Waals surface area contributed by atoms with Crippen LogP contribution in [-0.4, -0.2) is 42.0 Å². The summed E-state index contributed by atoms with van der Waals surface area (Å²) in [5.41, 5.74) is 3.42. The second-order valence-corrected chi connectivity index (χ2v) is 6.11. The van der Waals surface area contributed by atoms with E-state index in [9.17, 15) is 4.79 Å². The summed E-state index contributed by atoms with van der Waals surface area (Å²) in [6, 6.07) is 11.8. The first kappa shape index (κ1) is 14.8. The van der Waals surface area contributed by atoms with E-state index in [-0.39, 0.29) is 5.91 Å². The predicted octanol–water partition coefficient (Wildman–Crippen LogP) is 3.10. The van der Waals surface area contributed by atoms with Crippen LogP contribution in [0.2, 0.25) is 0 Å². The molecule has 5 nitrogen and oxygen atoms in total. The molecule has 4 rings (SSSR count). The zero-order chi connectivity index (χ0) is 16.5. The highest BCUT2D eigenvalue weighted by atomic mass is 16.3. The number of rotatable bonds is 2. The molecule has 0 saturated carbocycles. The summed E-state index contributed by atoms with van der Waals surface area (Å²) >= 11 is 0. The number of furan rings is 1. The zero-order valence-electron chi connectivity index (χ0n) is 13.6. The van der Waals surface area contributed by atoms with Crippen molar-refractivity contribution in [2.45, 2.75) is 6.92 Å². The van der Waals surface area contributed by atoms with E-state index in [0.29, 0.717) is 18.8 Å². The Labute approximate surface area is 140 Å². The first-order chi connectivity index (χ1) is 11.7. The number of pyridine rings is 1. The summed E-state index contributed by atoms with van der Waals surface area (Å²) < 4.78 is 5.22. The third kappa shape index (κ3) is 2.62. The minimum absolute atomic E-state index is 0.0323. The standard InChI is InChI=1S/C19H19N3O2/c1-14-4-5-16-15(13-14)17(6-7-20-16)21-8-10-22(11-9-21)19(23)18-3-2-12-24-18/h2-7,12-13H,8-11H2,1H3. The van der Waals surface area contributed by atoms with Gasteiger partial charge in [-0.05, 0) is 37.3 Å². The highest BCUT2D eigenvalue weighted by Gasteiger charge is 2.24. The molecule has 0 aliphatic carbocycles. The number of aromatic nitrogens is 1. The SMILES string of the molecule is Cc1ccc2nccc(N3CCN(C(=O)c4ccco4)CC3)c2c1. The van der Waals surface area contributed by atoms with Crippen LogP contribution in [0.3, 0.4) is 0 Å². The number of amides is 1. The fraction of sp³-hybridized carbons (Fsp3) is 0.263. The van der Waals surface area contributed by atoms with Crippen molar-refractivity contribution in [3.63, 3.8) is 0 Å². The topological polar surface area (TPSA) is 49.6 Å². The lowest BCUT2D eigenvalue weighted by molar-refractivity contribution is 0.0715. The van der Waals surface area contributed by atoms with E-state index in [1.165, 1.54) is 22.9 Å². The Morgan fingerprint density at radius 1 is 1.12 bits per heavy atom. The molecule has 3 aromatic rings. The summed E-state index contributed by atoms with van der Waals surface area (Å²) in [6.07, 6.45) is 3.39. The largest absolute Gasteiger partial charge is 0.459 e. The summed E-state index contributed by atoms with van der Waals surface area (Å²) in [6.45, 7) is 5.08. The van der Waals surface area contributed by atoms with Gasteiger partial charge in [-0.25, -0.2) is 0 Å². The molecule has 2 aromatic heterocycles. The Hall–Kier alpha value is -2.82. The van der Waals surface area contributed by atoms with Crippen LogP contribution >= 0.6 is 0 Å². The quantitative estimate of drug-likeness (QED) is 0.728. The molecule has 0 spiro atoms. The first-order valence-electron chi connectivity index (χ1n) is 8.15. The van der Waals surface area contributed by atoms with Gasteiger partial charge in [0.1, 0.15) is 0 Å². The molecule has 0 unspecified atom stereocenters. The van der Waals surface area contributed by atoms with Crippen molar-refractivity contribution in [1.29, 1.82) is 0 Å². The number of fused-ring (bicyclic) bond motifs is 1. The van der Waals surface area contributed by atoms with Gasteiger partial charge in [0.2, 0.25) is 0 Å². The normalized spacial score (nSPS) is 15.0. The minimum atomic E-state index is -0.0323. The molecule has 5 heteroatoms. The Kier molecular flexibility index (Phi) is 3.69. The van der Waals surface area contributed by atoms with E-state index in [2.05, 4.69) is 41.1 Å². The fourth-order valence-corrected chi connectivity index (χ4v) is 3.23. The molecule has 1 fully saturated rings. The Balaban J connectivity index is 1.54. The molecule has 1 aromatic carbocycles. The van der Waals surface area contributed by atoms with Gasteiger partial charge >= 0.3 is 0 Å². The van der Waals surface area contributed by atoms with Crippen molar-refractivity contribution < 1.29 is 9.21 Å². The lowest BCUT2D eigenvalue weighted by atomic mass is 10.1. The van der Waals surface area contributed by atoms with Crippen molar-refractivity contribution >= 4 is 22.5 Å². The van der Waals surface area contributed by atoms with Crippen LogP contribution < -0.4 is 4.90 Å². The van der Waals surface area contributed by atoms with Crippen molar-refractivity contribution in [2.24, 2.45) is 0 Å². The van der Waals surface area contributed by atoms with E-state index in [1.807, 2.05) is 11.1 Å². The molecule has 24 heavy (non-hydrogen) atoms. The van der Waals surface area contributed by atoms with Gasteiger partial charge in [-0.2, -0.15) is 0 Å². The third-order valence-corrected chi connectivity index (χ3v) is 4.51. The minimum Gasteiger partial charge on any atom is -0.459 e.